The summed E-state index contributed by atoms with van der Waals surface area (Å²) in [6.07, 6.45) is -4.53. The molecule has 0 bridgehead atoms. The highest BCUT2D eigenvalue weighted by atomic mass is 19.3. The Labute approximate surface area is 185 Å². The average molecular weight is 459 g/mol. The fraction of sp³-hybridized carbons (Fsp3) is 0.174. The van der Waals surface area contributed by atoms with Crippen LogP contribution >= 0.6 is 0 Å². The van der Waals surface area contributed by atoms with Crippen molar-refractivity contribution >= 4 is 23.2 Å². The van der Waals surface area contributed by atoms with E-state index in [1.54, 1.807) is 0 Å². The fourth-order valence-corrected chi connectivity index (χ4v) is 3.69. The zero-order valence-corrected chi connectivity index (χ0v) is 17.2. The number of nitrogens with one attached hydrogen (secondary N) is 1. The Morgan fingerprint density at radius 2 is 1.85 bits per heavy atom. The van der Waals surface area contributed by atoms with Gasteiger partial charge < -0.3 is 10.4 Å². The van der Waals surface area contributed by atoms with E-state index in [4.69, 9.17) is 0 Å². The van der Waals surface area contributed by atoms with E-state index in [0.29, 0.717) is 0 Å². The second kappa shape index (κ2) is 8.62. The van der Waals surface area contributed by atoms with Gasteiger partial charge in [0.2, 0.25) is 11.9 Å². The van der Waals surface area contributed by atoms with Gasteiger partial charge in [-0.15, -0.1) is 0 Å². The first-order valence-electron chi connectivity index (χ1n) is 9.80. The number of rotatable bonds is 4. The van der Waals surface area contributed by atoms with Crippen LogP contribution in [-0.2, 0) is 9.59 Å². The molecule has 2 heterocycles. The van der Waals surface area contributed by atoms with Crippen molar-refractivity contribution in [2.24, 2.45) is 0 Å². The van der Waals surface area contributed by atoms with Gasteiger partial charge in [0.25, 0.3) is 12.3 Å². The van der Waals surface area contributed by atoms with Crippen LogP contribution in [0, 0.1) is 18.7 Å². The van der Waals surface area contributed by atoms with Crippen LogP contribution in [0.1, 0.15) is 29.4 Å². The third-order valence-corrected chi connectivity index (χ3v) is 5.20. The predicted octanol–water partition coefficient (Wildman–Crippen LogP) is 4.29. The first kappa shape index (κ1) is 22.4. The van der Waals surface area contributed by atoms with Crippen molar-refractivity contribution in [2.75, 3.05) is 16.8 Å². The van der Waals surface area contributed by atoms with E-state index in [1.165, 1.54) is 31.2 Å². The summed E-state index contributed by atoms with van der Waals surface area (Å²) in [5.74, 6) is -3.37. The Balaban J connectivity index is 1.71. The van der Waals surface area contributed by atoms with Crippen molar-refractivity contribution in [3.8, 4) is 11.1 Å². The van der Waals surface area contributed by atoms with Crippen LogP contribution in [0.5, 0.6) is 0 Å². The first-order chi connectivity index (χ1) is 15.7. The van der Waals surface area contributed by atoms with Gasteiger partial charge in [0.05, 0.1) is 11.3 Å². The minimum Gasteiger partial charge on any atom is -0.378 e. The standard InChI is InChI=1S/C23H17F4N3O3/c1-11-8-17-19(22(27)28-11)15-7-4-13(24)9-16(15)20(32)23(33)30(17)10-18(31)29-14-5-2-12(3-6-14)21(25)26/h2-9,20-21,32H,10H2,1H3,(H,29,31)/t20-/m0/s1. The minimum absolute atomic E-state index is 0.0161. The van der Waals surface area contributed by atoms with Crippen LogP contribution in [0.15, 0.2) is 48.5 Å². The van der Waals surface area contributed by atoms with E-state index < -0.39 is 42.7 Å². The average Bonchev–Trinajstić information content (AvgIpc) is 2.84. The zero-order valence-electron chi connectivity index (χ0n) is 17.2. The number of benzene rings is 2. The summed E-state index contributed by atoms with van der Waals surface area (Å²) in [6, 6.07) is 9.44. The molecule has 0 unspecified atom stereocenters. The van der Waals surface area contributed by atoms with Gasteiger partial charge in [0, 0.05) is 22.5 Å². The van der Waals surface area contributed by atoms with E-state index in [2.05, 4.69) is 10.3 Å². The Morgan fingerprint density at radius 3 is 2.52 bits per heavy atom. The maximum absolute atomic E-state index is 14.9. The minimum atomic E-state index is -2.67. The number of halogens is 4. The molecule has 0 spiro atoms. The van der Waals surface area contributed by atoms with E-state index in [1.807, 2.05) is 0 Å². The number of nitrogens with zero attached hydrogens (tertiary/aromatic N) is 2. The molecule has 170 valence electrons. The summed E-state index contributed by atoms with van der Waals surface area (Å²) >= 11 is 0. The molecule has 0 aliphatic carbocycles. The summed E-state index contributed by atoms with van der Waals surface area (Å²) in [5, 5.41) is 13.1. The second-order valence-corrected chi connectivity index (χ2v) is 7.48. The Morgan fingerprint density at radius 1 is 1.15 bits per heavy atom. The van der Waals surface area contributed by atoms with Crippen molar-refractivity contribution in [1.82, 2.24) is 4.98 Å². The van der Waals surface area contributed by atoms with Crippen LogP contribution < -0.4 is 10.2 Å². The van der Waals surface area contributed by atoms with Gasteiger partial charge in [-0.1, -0.05) is 18.2 Å². The number of hydrogen-bond donors (Lipinski definition) is 2. The van der Waals surface area contributed by atoms with E-state index in [9.17, 15) is 32.3 Å². The number of aromatic nitrogens is 1. The van der Waals surface area contributed by atoms with Gasteiger partial charge in [0.15, 0.2) is 6.10 Å². The predicted molar refractivity (Wildman–Crippen MR) is 112 cm³/mol. The summed E-state index contributed by atoms with van der Waals surface area (Å²) < 4.78 is 54.2. The lowest BCUT2D eigenvalue weighted by Crippen LogP contribution is -2.40. The van der Waals surface area contributed by atoms with Crippen LogP contribution in [0.2, 0.25) is 0 Å². The quantitative estimate of drug-likeness (QED) is 0.451. The smallest absolute Gasteiger partial charge is 0.263 e. The largest absolute Gasteiger partial charge is 0.378 e. The normalized spacial score (nSPS) is 15.2. The number of carbonyl (C=O) groups excluding carboxylic acids is 2. The van der Waals surface area contributed by atoms with Gasteiger partial charge in [-0.25, -0.2) is 18.2 Å². The van der Waals surface area contributed by atoms with Gasteiger partial charge in [-0.3, -0.25) is 14.5 Å². The molecule has 2 amide bonds. The van der Waals surface area contributed by atoms with Crippen LogP contribution in [0.3, 0.4) is 0 Å². The number of amides is 2. The van der Waals surface area contributed by atoms with Crippen LogP contribution in [0.4, 0.5) is 28.9 Å². The zero-order chi connectivity index (χ0) is 23.9. The highest BCUT2D eigenvalue weighted by molar-refractivity contribution is 6.08. The topological polar surface area (TPSA) is 82.5 Å². The molecule has 4 rings (SSSR count). The number of aliphatic hydroxyl groups excluding tert-OH is 1. The van der Waals surface area contributed by atoms with E-state index >= 15 is 0 Å². The van der Waals surface area contributed by atoms with Crippen molar-refractivity contribution in [2.45, 2.75) is 19.5 Å². The summed E-state index contributed by atoms with van der Waals surface area (Å²) in [7, 11) is 0. The number of anilines is 2. The van der Waals surface area contributed by atoms with Gasteiger partial charge >= 0.3 is 0 Å². The Bertz CT molecular complexity index is 1250. The first-order valence-corrected chi connectivity index (χ1v) is 9.80. The van der Waals surface area contributed by atoms with E-state index in [0.717, 1.165) is 29.2 Å². The summed E-state index contributed by atoms with van der Waals surface area (Å²) in [6.45, 7) is 0.863. The molecular formula is C23H17F4N3O3. The molecule has 1 aliphatic rings. The number of pyridine rings is 1. The van der Waals surface area contributed by atoms with Crippen molar-refractivity contribution in [3.63, 3.8) is 0 Å². The number of hydrogen-bond acceptors (Lipinski definition) is 4. The van der Waals surface area contributed by atoms with Gasteiger partial charge in [0.1, 0.15) is 12.4 Å². The molecule has 33 heavy (non-hydrogen) atoms. The molecule has 3 aromatic rings. The van der Waals surface area contributed by atoms with E-state index in [-0.39, 0.29) is 39.3 Å². The second-order valence-electron chi connectivity index (χ2n) is 7.48. The highest BCUT2D eigenvalue weighted by Crippen LogP contribution is 2.41. The summed E-state index contributed by atoms with van der Waals surface area (Å²) in [5.41, 5.74) is -0.0654. The monoisotopic (exact) mass is 459 g/mol. The molecule has 2 N–H and O–H groups in total. The molecule has 2 aromatic carbocycles. The van der Waals surface area contributed by atoms with Crippen molar-refractivity contribution in [3.05, 3.63) is 77.1 Å². The number of aliphatic hydroxyl groups is 1. The SMILES string of the molecule is Cc1cc2c(c(F)n1)-c1ccc(F)cc1[C@H](O)C(=O)N2CC(=O)Nc1ccc(C(F)F)cc1. The highest BCUT2D eigenvalue weighted by Gasteiger charge is 2.36. The number of alkyl halides is 2. The number of fused-ring (bicyclic) bond motifs is 3. The van der Waals surface area contributed by atoms with Crippen molar-refractivity contribution in [1.29, 1.82) is 0 Å². The lowest BCUT2D eigenvalue weighted by atomic mass is 9.97. The number of aryl methyl sites for hydroxylation is 1. The fourth-order valence-electron chi connectivity index (χ4n) is 3.69. The molecule has 0 fully saturated rings. The Kier molecular flexibility index (Phi) is 5.86. The Hall–Kier alpha value is -3.79. The molecule has 0 saturated carbocycles. The van der Waals surface area contributed by atoms with Crippen LogP contribution in [-0.4, -0.2) is 28.4 Å². The molecule has 0 radical (unpaired) electrons. The molecule has 1 aliphatic heterocycles. The lowest BCUT2D eigenvalue weighted by molar-refractivity contribution is -0.128. The maximum Gasteiger partial charge on any atom is 0.263 e. The lowest BCUT2D eigenvalue weighted by Gasteiger charge is -2.24. The van der Waals surface area contributed by atoms with Crippen molar-refractivity contribution < 1.29 is 32.3 Å². The molecule has 0 saturated heterocycles. The van der Waals surface area contributed by atoms with Gasteiger partial charge in [-0.2, -0.15) is 4.39 Å². The summed E-state index contributed by atoms with van der Waals surface area (Å²) in [4.78, 5) is 30.4. The van der Waals surface area contributed by atoms with Crippen LogP contribution in [0.25, 0.3) is 11.1 Å². The maximum atomic E-state index is 14.9. The van der Waals surface area contributed by atoms with Gasteiger partial charge in [-0.05, 0) is 42.8 Å². The number of carbonyl (C=O) groups is 2. The molecule has 10 heteroatoms. The molecule has 1 atom stereocenters. The molecule has 1 aromatic heterocycles. The molecular weight excluding hydrogens is 442 g/mol. The molecule has 6 nitrogen and oxygen atoms in total. The third kappa shape index (κ3) is 4.29. The third-order valence-electron chi connectivity index (χ3n) is 5.20.